The van der Waals surface area contributed by atoms with Crippen molar-refractivity contribution < 1.29 is 30.0 Å². The van der Waals surface area contributed by atoms with E-state index >= 15 is 0 Å². The molecular weight excluding hydrogens is 168 g/mol. The molecule has 0 aromatic rings. The van der Waals surface area contributed by atoms with Crippen LogP contribution in [0.3, 0.4) is 0 Å². The molecule has 0 radical (unpaired) electrons. The van der Waals surface area contributed by atoms with Gasteiger partial charge in [-0.15, -0.1) is 0 Å². The molecule has 1 fully saturated rings. The van der Waals surface area contributed by atoms with Crippen LogP contribution in [0.25, 0.3) is 0 Å². The molecule has 1 rings (SSSR count). The van der Waals surface area contributed by atoms with Gasteiger partial charge in [0, 0.05) is 0 Å². The minimum atomic E-state index is -1.63. The van der Waals surface area contributed by atoms with E-state index < -0.39 is 37.0 Å². The van der Waals surface area contributed by atoms with Crippen molar-refractivity contribution >= 4 is 5.97 Å². The summed E-state index contributed by atoms with van der Waals surface area (Å²) in [4.78, 5) is 10.6. The summed E-state index contributed by atoms with van der Waals surface area (Å²) in [6.07, 6.45) is -5.70. The van der Waals surface area contributed by atoms with Gasteiger partial charge in [0.1, 0.15) is 12.2 Å². The lowest BCUT2D eigenvalue weighted by Crippen LogP contribution is -2.40. The molecular formula is C6H10O6. The molecule has 0 saturated carbocycles. The second-order valence-corrected chi connectivity index (χ2v) is 2.59. The summed E-state index contributed by atoms with van der Waals surface area (Å²) < 4.78 is 4.39. The van der Waals surface area contributed by atoms with Crippen LogP contribution in [-0.4, -0.2) is 57.4 Å². The van der Waals surface area contributed by atoms with Crippen LogP contribution in [-0.2, 0) is 9.53 Å². The van der Waals surface area contributed by atoms with E-state index in [1.807, 2.05) is 0 Å². The van der Waals surface area contributed by atoms with Gasteiger partial charge in [-0.1, -0.05) is 0 Å². The molecule has 4 N–H and O–H groups in total. The van der Waals surface area contributed by atoms with Crippen LogP contribution in [0.2, 0.25) is 0 Å². The molecule has 3 unspecified atom stereocenters. The van der Waals surface area contributed by atoms with Gasteiger partial charge in [-0.2, -0.15) is 0 Å². The number of carbonyl (C=O) groups excluding carboxylic acids is 1. The lowest BCUT2D eigenvalue weighted by Gasteiger charge is -2.17. The molecule has 12 heavy (non-hydrogen) atoms. The molecule has 1 saturated heterocycles. The Morgan fingerprint density at radius 2 is 2.08 bits per heavy atom. The summed E-state index contributed by atoms with van der Waals surface area (Å²) in [5.41, 5.74) is 0. The van der Waals surface area contributed by atoms with Gasteiger partial charge in [-0.25, -0.2) is 4.79 Å². The number of rotatable bonds is 2. The Labute approximate surface area is 68.0 Å². The first-order valence-corrected chi connectivity index (χ1v) is 3.43. The lowest BCUT2D eigenvalue weighted by atomic mass is 10.1. The van der Waals surface area contributed by atoms with Crippen LogP contribution in [0.15, 0.2) is 0 Å². The molecule has 0 amide bonds. The number of ether oxygens (including phenoxy) is 1. The number of hydrogen-bond donors (Lipinski definition) is 4. The molecule has 6 nitrogen and oxygen atoms in total. The fourth-order valence-corrected chi connectivity index (χ4v) is 1.00. The molecule has 1 aliphatic rings. The van der Waals surface area contributed by atoms with Crippen molar-refractivity contribution in [2.24, 2.45) is 0 Å². The Morgan fingerprint density at radius 3 is 2.42 bits per heavy atom. The van der Waals surface area contributed by atoms with Gasteiger partial charge in [0.2, 0.25) is 0 Å². The average molecular weight is 178 g/mol. The first kappa shape index (κ1) is 9.40. The van der Waals surface area contributed by atoms with Crippen molar-refractivity contribution in [1.82, 2.24) is 0 Å². The monoisotopic (exact) mass is 178 g/mol. The van der Waals surface area contributed by atoms with Crippen LogP contribution in [0, 0.1) is 0 Å². The van der Waals surface area contributed by atoms with E-state index in [0.29, 0.717) is 0 Å². The maximum absolute atomic E-state index is 10.6. The number of esters is 1. The van der Waals surface area contributed by atoms with E-state index in [1.165, 1.54) is 0 Å². The molecule has 4 atom stereocenters. The molecule has 70 valence electrons. The summed E-state index contributed by atoms with van der Waals surface area (Å²) in [6, 6.07) is 0. The van der Waals surface area contributed by atoms with Crippen LogP contribution in [0.1, 0.15) is 0 Å². The molecule has 0 spiro atoms. The van der Waals surface area contributed by atoms with Crippen molar-refractivity contribution in [2.45, 2.75) is 24.4 Å². The van der Waals surface area contributed by atoms with E-state index in [1.54, 1.807) is 0 Å². The quantitative estimate of drug-likeness (QED) is 0.335. The average Bonchev–Trinajstić information content (AvgIpc) is 2.32. The minimum absolute atomic E-state index is 0.637. The van der Waals surface area contributed by atoms with Crippen LogP contribution in [0.5, 0.6) is 0 Å². The number of carbonyl (C=O) groups is 1. The number of aliphatic hydroxyl groups is 4. The van der Waals surface area contributed by atoms with Gasteiger partial charge < -0.3 is 25.2 Å². The molecule has 0 bridgehead atoms. The maximum atomic E-state index is 10.6. The third-order valence-electron chi connectivity index (χ3n) is 1.72. The second-order valence-electron chi connectivity index (χ2n) is 2.59. The predicted octanol–water partition coefficient (Wildman–Crippen LogP) is -3.01. The topological polar surface area (TPSA) is 107 Å². The highest BCUT2D eigenvalue weighted by Gasteiger charge is 2.45. The van der Waals surface area contributed by atoms with E-state index in [0.717, 1.165) is 0 Å². The van der Waals surface area contributed by atoms with Gasteiger partial charge in [0.15, 0.2) is 12.2 Å². The zero-order valence-electron chi connectivity index (χ0n) is 6.12. The van der Waals surface area contributed by atoms with Gasteiger partial charge >= 0.3 is 5.97 Å². The minimum Gasteiger partial charge on any atom is -0.455 e. The number of aliphatic hydroxyl groups excluding tert-OH is 4. The van der Waals surface area contributed by atoms with E-state index in [-0.39, 0.29) is 0 Å². The highest BCUT2D eigenvalue weighted by atomic mass is 16.6. The number of hydrogen-bond acceptors (Lipinski definition) is 6. The van der Waals surface area contributed by atoms with Gasteiger partial charge in [-0.05, 0) is 0 Å². The molecule has 0 aromatic carbocycles. The summed E-state index contributed by atoms with van der Waals surface area (Å²) in [7, 11) is 0. The van der Waals surface area contributed by atoms with Crippen molar-refractivity contribution in [3.63, 3.8) is 0 Å². The van der Waals surface area contributed by atoms with Crippen LogP contribution in [0.4, 0.5) is 0 Å². The normalized spacial score (nSPS) is 38.0. The van der Waals surface area contributed by atoms with E-state index in [4.69, 9.17) is 20.4 Å². The Kier molecular flexibility index (Phi) is 2.63. The summed E-state index contributed by atoms with van der Waals surface area (Å²) in [5.74, 6) is -0.986. The predicted molar refractivity (Wildman–Crippen MR) is 35.0 cm³/mol. The Morgan fingerprint density at radius 1 is 1.50 bits per heavy atom. The summed E-state index contributed by atoms with van der Waals surface area (Å²) in [6.45, 7) is -0.637. The molecule has 0 aliphatic carbocycles. The van der Waals surface area contributed by atoms with Gasteiger partial charge in [-0.3, -0.25) is 0 Å². The molecule has 1 heterocycles. The largest absolute Gasteiger partial charge is 0.455 e. The highest BCUT2D eigenvalue weighted by molar-refractivity contribution is 5.77. The van der Waals surface area contributed by atoms with Crippen molar-refractivity contribution in [1.29, 1.82) is 0 Å². The standard InChI is InChI=1S/C6H10O6/c7-1-2(8)5-3(9)4(10)6(11)12-5/h2-5,7-10H,1H2/t2-,3?,4?,5?/m0/s1. The van der Waals surface area contributed by atoms with Crippen LogP contribution >= 0.6 is 0 Å². The van der Waals surface area contributed by atoms with Crippen molar-refractivity contribution in [2.75, 3.05) is 6.61 Å². The summed E-state index contributed by atoms with van der Waals surface area (Å²) >= 11 is 0. The molecule has 6 heteroatoms. The van der Waals surface area contributed by atoms with Crippen LogP contribution < -0.4 is 0 Å². The fraction of sp³-hybridized carbons (Fsp3) is 0.833. The Bertz CT molecular complexity index is 181. The smallest absolute Gasteiger partial charge is 0.338 e. The lowest BCUT2D eigenvalue weighted by molar-refractivity contribution is -0.151. The third-order valence-corrected chi connectivity index (χ3v) is 1.72. The van der Waals surface area contributed by atoms with Gasteiger partial charge in [0.25, 0.3) is 0 Å². The Balaban J connectivity index is 2.64. The van der Waals surface area contributed by atoms with Crippen molar-refractivity contribution in [3.8, 4) is 0 Å². The van der Waals surface area contributed by atoms with Crippen molar-refractivity contribution in [3.05, 3.63) is 0 Å². The zero-order chi connectivity index (χ0) is 9.30. The zero-order valence-corrected chi connectivity index (χ0v) is 6.12. The molecule has 0 aromatic heterocycles. The highest BCUT2D eigenvalue weighted by Crippen LogP contribution is 2.18. The van der Waals surface area contributed by atoms with E-state index in [2.05, 4.69) is 4.74 Å². The SMILES string of the molecule is O=C1OC([C@@H](O)CO)C(O)C1O. The van der Waals surface area contributed by atoms with Gasteiger partial charge in [0.05, 0.1) is 6.61 Å². The maximum Gasteiger partial charge on any atom is 0.338 e. The molecule has 1 aliphatic heterocycles. The van der Waals surface area contributed by atoms with E-state index in [9.17, 15) is 4.79 Å². The number of cyclic esters (lactones) is 1. The second kappa shape index (κ2) is 3.36. The first-order chi connectivity index (χ1) is 5.57. The third kappa shape index (κ3) is 1.42. The summed E-state index contributed by atoms with van der Waals surface area (Å²) in [5, 5.41) is 35.3. The fourth-order valence-electron chi connectivity index (χ4n) is 1.00. The Hall–Kier alpha value is -0.690. The first-order valence-electron chi connectivity index (χ1n) is 3.43.